The quantitative estimate of drug-likeness (QED) is 0.586. The molecule has 3 N–H and O–H groups in total. The molecule has 0 unspecified atom stereocenters. The Balaban J connectivity index is 1.45. The predicted octanol–water partition coefficient (Wildman–Crippen LogP) is 3.40. The van der Waals surface area contributed by atoms with Crippen LogP contribution in [0.15, 0.2) is 42.5 Å². The van der Waals surface area contributed by atoms with Gasteiger partial charge in [-0.15, -0.1) is 0 Å². The molecule has 32 heavy (non-hydrogen) atoms. The third-order valence-corrected chi connectivity index (χ3v) is 6.02. The Labute approximate surface area is 185 Å². The number of cyclic esters (lactones) is 1. The van der Waals surface area contributed by atoms with Crippen molar-refractivity contribution >= 4 is 17.7 Å². The van der Waals surface area contributed by atoms with Crippen molar-refractivity contribution in [3.05, 3.63) is 53.6 Å². The number of anilines is 1. The summed E-state index contributed by atoms with van der Waals surface area (Å²) >= 11 is 0. The Morgan fingerprint density at radius 1 is 1.25 bits per heavy atom. The number of aromatic nitrogens is 2. The zero-order valence-electron chi connectivity index (χ0n) is 17.7. The number of H-pyrrole nitrogens is 1. The summed E-state index contributed by atoms with van der Waals surface area (Å²) in [5.74, 6) is 0.0612. The van der Waals surface area contributed by atoms with Crippen molar-refractivity contribution in [2.75, 3.05) is 18.0 Å². The molecule has 1 aliphatic heterocycles. The van der Waals surface area contributed by atoms with Gasteiger partial charge in [0.1, 0.15) is 11.9 Å². The molecule has 0 spiro atoms. The number of ether oxygens (including phenoxy) is 1. The zero-order chi connectivity index (χ0) is 22.2. The van der Waals surface area contributed by atoms with Crippen LogP contribution in [0.5, 0.6) is 5.75 Å². The minimum Gasteiger partial charge on any atom is -0.507 e. The fourth-order valence-corrected chi connectivity index (χ4v) is 4.48. The third kappa shape index (κ3) is 3.57. The largest absolute Gasteiger partial charge is 0.507 e. The van der Waals surface area contributed by atoms with Crippen LogP contribution in [-0.4, -0.2) is 46.5 Å². The molecule has 0 radical (unpaired) electrons. The number of carbonyl (C=O) groups excluding carboxylic acids is 2. The highest BCUT2D eigenvalue weighted by Gasteiger charge is 2.33. The van der Waals surface area contributed by atoms with Crippen molar-refractivity contribution < 1.29 is 19.4 Å². The van der Waals surface area contributed by atoms with Crippen molar-refractivity contribution in [1.29, 1.82) is 0 Å². The van der Waals surface area contributed by atoms with Crippen LogP contribution in [0.2, 0.25) is 0 Å². The molecule has 2 aliphatic rings. The summed E-state index contributed by atoms with van der Waals surface area (Å²) in [5.41, 5.74) is 6.51. The smallest absolute Gasteiger partial charge is 0.414 e. The van der Waals surface area contributed by atoms with Gasteiger partial charge < -0.3 is 15.2 Å². The minimum absolute atomic E-state index is 0.150. The van der Waals surface area contributed by atoms with E-state index in [1.807, 2.05) is 30.3 Å². The van der Waals surface area contributed by atoms with E-state index in [1.54, 1.807) is 17.0 Å². The zero-order valence-corrected chi connectivity index (χ0v) is 17.7. The highest BCUT2D eigenvalue weighted by Crippen LogP contribution is 2.40. The Hall–Kier alpha value is -3.81. The number of aromatic amines is 1. The van der Waals surface area contributed by atoms with Crippen LogP contribution in [-0.2, 0) is 22.4 Å². The average molecular weight is 432 g/mol. The lowest BCUT2D eigenvalue weighted by Gasteiger charge is -2.16. The minimum atomic E-state index is -0.405. The number of fused-ring (bicyclic) bond motifs is 3. The first kappa shape index (κ1) is 20.1. The van der Waals surface area contributed by atoms with E-state index < -0.39 is 6.09 Å². The number of amides is 2. The van der Waals surface area contributed by atoms with Crippen molar-refractivity contribution in [3.63, 3.8) is 0 Å². The van der Waals surface area contributed by atoms with Crippen molar-refractivity contribution in [2.24, 2.45) is 0 Å². The second kappa shape index (κ2) is 8.03. The van der Waals surface area contributed by atoms with E-state index in [9.17, 15) is 14.7 Å². The number of nitrogens with one attached hydrogen (secondary N) is 2. The number of rotatable bonds is 4. The van der Waals surface area contributed by atoms with E-state index in [0.29, 0.717) is 13.1 Å². The lowest BCUT2D eigenvalue weighted by molar-refractivity contribution is -0.119. The lowest BCUT2D eigenvalue weighted by Crippen LogP contribution is -2.33. The van der Waals surface area contributed by atoms with Gasteiger partial charge >= 0.3 is 6.09 Å². The summed E-state index contributed by atoms with van der Waals surface area (Å²) in [7, 11) is 0. The number of phenols is 1. The third-order valence-electron chi connectivity index (χ3n) is 6.02. The first-order chi connectivity index (χ1) is 15.5. The van der Waals surface area contributed by atoms with E-state index in [2.05, 4.69) is 15.5 Å². The highest BCUT2D eigenvalue weighted by molar-refractivity contribution is 5.91. The molecule has 1 saturated heterocycles. The number of aryl methyl sites for hydroxylation is 1. The van der Waals surface area contributed by atoms with Crippen LogP contribution in [0.25, 0.3) is 22.5 Å². The number of carbonyl (C=O) groups is 2. The van der Waals surface area contributed by atoms with Gasteiger partial charge in [0, 0.05) is 29.3 Å². The van der Waals surface area contributed by atoms with Crippen molar-refractivity contribution in [2.45, 2.75) is 32.3 Å². The Morgan fingerprint density at radius 3 is 2.91 bits per heavy atom. The molecular formula is C24H24N4O4. The van der Waals surface area contributed by atoms with Gasteiger partial charge in [0.15, 0.2) is 0 Å². The molecule has 2 aromatic carbocycles. The molecule has 8 heteroatoms. The highest BCUT2D eigenvalue weighted by atomic mass is 16.6. The van der Waals surface area contributed by atoms with Gasteiger partial charge in [0.25, 0.3) is 0 Å². The van der Waals surface area contributed by atoms with Crippen LogP contribution < -0.4 is 10.2 Å². The number of nitrogens with zero attached hydrogens (tertiary/aromatic N) is 2. The molecule has 3 aromatic rings. The van der Waals surface area contributed by atoms with Gasteiger partial charge in [-0.3, -0.25) is 14.8 Å². The maximum atomic E-state index is 12.4. The van der Waals surface area contributed by atoms with Gasteiger partial charge in [-0.25, -0.2) is 4.79 Å². The summed E-state index contributed by atoms with van der Waals surface area (Å²) < 4.78 is 5.40. The topological polar surface area (TPSA) is 108 Å². The maximum absolute atomic E-state index is 12.4. The molecule has 1 fully saturated rings. The standard InChI is InChI=1S/C24H24N4O4/c1-14(29)25-12-17-13-28(24(31)32-17)16-9-10-18-15(11-16)5-4-7-20-22(18)26-27-23(20)19-6-2-3-8-21(19)30/h2-3,6,8-11,17,30H,4-5,7,12-13H2,1H3,(H,25,29)(H,26,27)/t17-/m0/s1. The fraction of sp³-hybridized carbons (Fsp3) is 0.292. The number of hydrogen-bond donors (Lipinski definition) is 3. The molecule has 0 saturated carbocycles. The maximum Gasteiger partial charge on any atom is 0.414 e. The Kier molecular flexibility index (Phi) is 5.05. The number of phenolic OH excluding ortho intramolecular Hbond substituents is 1. The number of para-hydroxylation sites is 1. The van der Waals surface area contributed by atoms with Crippen LogP contribution >= 0.6 is 0 Å². The predicted molar refractivity (Wildman–Crippen MR) is 119 cm³/mol. The van der Waals surface area contributed by atoms with E-state index in [1.165, 1.54) is 6.92 Å². The summed E-state index contributed by atoms with van der Waals surface area (Å²) in [6.07, 6.45) is 1.86. The molecule has 5 rings (SSSR count). The van der Waals surface area contributed by atoms with Gasteiger partial charge in [-0.2, -0.15) is 5.10 Å². The van der Waals surface area contributed by atoms with Gasteiger partial charge in [-0.05, 0) is 49.1 Å². The molecule has 8 nitrogen and oxygen atoms in total. The molecule has 164 valence electrons. The fourth-order valence-electron chi connectivity index (χ4n) is 4.48. The first-order valence-corrected chi connectivity index (χ1v) is 10.7. The van der Waals surface area contributed by atoms with E-state index in [-0.39, 0.29) is 17.8 Å². The monoisotopic (exact) mass is 432 g/mol. The first-order valence-electron chi connectivity index (χ1n) is 10.7. The summed E-state index contributed by atoms with van der Waals surface area (Å²) in [5, 5.41) is 20.7. The van der Waals surface area contributed by atoms with Crippen LogP contribution in [0, 0.1) is 0 Å². The lowest BCUT2D eigenvalue weighted by atomic mass is 9.99. The van der Waals surface area contributed by atoms with E-state index >= 15 is 0 Å². The molecule has 2 amide bonds. The van der Waals surface area contributed by atoms with Gasteiger partial charge in [-0.1, -0.05) is 18.2 Å². The molecule has 1 atom stereocenters. The van der Waals surface area contributed by atoms with E-state index in [0.717, 1.165) is 58.6 Å². The van der Waals surface area contributed by atoms with Gasteiger partial charge in [0.2, 0.25) is 5.91 Å². The average Bonchev–Trinajstić information content (AvgIpc) is 3.31. The van der Waals surface area contributed by atoms with Crippen LogP contribution in [0.4, 0.5) is 10.5 Å². The normalized spacial score (nSPS) is 17.3. The SMILES string of the molecule is CC(=O)NC[C@H]1CN(c2ccc3c(c2)CCCc2c(-c4ccccc4O)n[nH]c2-3)C(=O)O1. The Morgan fingerprint density at radius 2 is 2.09 bits per heavy atom. The van der Waals surface area contributed by atoms with Gasteiger partial charge in [0.05, 0.1) is 24.5 Å². The molecule has 1 aromatic heterocycles. The Bertz CT molecular complexity index is 1200. The number of hydrogen-bond acceptors (Lipinski definition) is 5. The molecule has 0 bridgehead atoms. The molecule has 2 heterocycles. The number of benzene rings is 2. The van der Waals surface area contributed by atoms with Crippen LogP contribution in [0.1, 0.15) is 24.5 Å². The summed E-state index contributed by atoms with van der Waals surface area (Å²) in [6.45, 7) is 2.13. The van der Waals surface area contributed by atoms with E-state index in [4.69, 9.17) is 4.74 Å². The molecular weight excluding hydrogens is 408 g/mol. The second-order valence-electron chi connectivity index (χ2n) is 8.19. The van der Waals surface area contributed by atoms with Crippen LogP contribution in [0.3, 0.4) is 0 Å². The number of aromatic hydroxyl groups is 1. The second-order valence-corrected chi connectivity index (χ2v) is 8.19. The molecule has 1 aliphatic carbocycles. The summed E-state index contributed by atoms with van der Waals surface area (Å²) in [6, 6.07) is 13.2. The summed E-state index contributed by atoms with van der Waals surface area (Å²) in [4.78, 5) is 25.2. The van der Waals surface area contributed by atoms with Crippen molar-refractivity contribution in [1.82, 2.24) is 15.5 Å². The van der Waals surface area contributed by atoms with Crippen molar-refractivity contribution in [3.8, 4) is 28.3 Å².